The smallest absolute Gasteiger partial charge is 0.298 e. The van der Waals surface area contributed by atoms with Crippen molar-refractivity contribution in [3.8, 4) is 12.0 Å². The van der Waals surface area contributed by atoms with E-state index in [2.05, 4.69) is 40.5 Å². The van der Waals surface area contributed by atoms with Crippen LogP contribution in [0.25, 0.3) is 0 Å². The number of thioether (sulfide) groups is 2. The van der Waals surface area contributed by atoms with Crippen molar-refractivity contribution in [2.45, 2.75) is 10.3 Å². The normalized spacial score (nSPS) is 10.5. The molecular weight excluding hydrogens is 464 g/mol. The Hall–Kier alpha value is -2.42. The van der Waals surface area contributed by atoms with E-state index in [1.807, 2.05) is 24.3 Å². The largest absolute Gasteiger partial charge is 0.468 e. The van der Waals surface area contributed by atoms with E-state index in [9.17, 15) is 0 Å². The van der Waals surface area contributed by atoms with Gasteiger partial charge in [-0.2, -0.15) is 19.9 Å². The zero-order chi connectivity index (χ0) is 21.3. The number of nitrogens with zero attached hydrogens (tertiary/aromatic N) is 4. The van der Waals surface area contributed by atoms with Gasteiger partial charge in [0.05, 0.1) is 26.0 Å². The summed E-state index contributed by atoms with van der Waals surface area (Å²) in [5.74, 6) is 1.16. The molecule has 0 amide bonds. The van der Waals surface area contributed by atoms with Crippen LogP contribution in [-0.2, 0) is 0 Å². The van der Waals surface area contributed by atoms with E-state index in [1.165, 1.54) is 37.7 Å². The second kappa shape index (κ2) is 11.1. The standard InChI is InChI=1S/C16H18N8O2S4/c1-25-11-19-13(27)23-15(21-11)29-7-17-9-3-5-10(6-4-9)18-8-30-16-22-12(26-2)20-14(28)24-16/h3-6,17-18H,7-8H2,1-2H3,(H,19,21,23,27)(H,20,22,24,28). The maximum atomic E-state index is 5.05. The molecule has 2 heterocycles. The van der Waals surface area contributed by atoms with Gasteiger partial charge in [-0.3, -0.25) is 9.97 Å². The van der Waals surface area contributed by atoms with Crippen LogP contribution < -0.4 is 20.1 Å². The second-order valence-electron chi connectivity index (χ2n) is 5.40. The highest BCUT2D eigenvalue weighted by Gasteiger charge is 2.04. The van der Waals surface area contributed by atoms with Gasteiger partial charge in [0.15, 0.2) is 10.3 Å². The first-order valence-corrected chi connectivity index (χ1v) is 11.2. The van der Waals surface area contributed by atoms with Gasteiger partial charge in [0, 0.05) is 11.4 Å². The average Bonchev–Trinajstić information content (AvgIpc) is 2.74. The minimum absolute atomic E-state index is 0.332. The number of H-pyrrole nitrogens is 2. The summed E-state index contributed by atoms with van der Waals surface area (Å²) in [6, 6.07) is 8.59. The van der Waals surface area contributed by atoms with Crippen LogP contribution in [0.4, 0.5) is 11.4 Å². The van der Waals surface area contributed by atoms with E-state index in [0.717, 1.165) is 11.4 Å². The zero-order valence-corrected chi connectivity index (χ0v) is 19.2. The molecule has 0 radical (unpaired) electrons. The lowest BCUT2D eigenvalue weighted by Crippen LogP contribution is -2.02. The number of aromatic nitrogens is 6. The molecule has 0 saturated heterocycles. The summed E-state index contributed by atoms with van der Waals surface area (Å²) in [5, 5.41) is 7.67. The fourth-order valence-corrected chi connectivity index (χ4v) is 3.89. The van der Waals surface area contributed by atoms with E-state index in [4.69, 9.17) is 33.9 Å². The molecule has 0 aliphatic rings. The summed E-state index contributed by atoms with van der Waals surface area (Å²) in [4.78, 5) is 22.2. The molecule has 0 spiro atoms. The molecule has 0 atom stereocenters. The van der Waals surface area contributed by atoms with Gasteiger partial charge in [0.25, 0.3) is 12.0 Å². The molecule has 0 fully saturated rings. The number of benzene rings is 1. The number of hydrogen-bond donors (Lipinski definition) is 4. The first kappa shape index (κ1) is 22.3. The maximum Gasteiger partial charge on any atom is 0.298 e. The molecule has 0 saturated carbocycles. The van der Waals surface area contributed by atoms with Crippen molar-refractivity contribution < 1.29 is 9.47 Å². The van der Waals surface area contributed by atoms with E-state index >= 15 is 0 Å². The van der Waals surface area contributed by atoms with Crippen molar-refractivity contribution in [2.24, 2.45) is 0 Å². The van der Waals surface area contributed by atoms with Crippen LogP contribution in [0, 0.1) is 9.54 Å². The summed E-state index contributed by atoms with van der Waals surface area (Å²) in [6.07, 6.45) is 0. The van der Waals surface area contributed by atoms with Crippen LogP contribution in [0.1, 0.15) is 0 Å². The predicted octanol–water partition coefficient (Wildman–Crippen LogP) is 3.72. The van der Waals surface area contributed by atoms with E-state index in [0.29, 0.717) is 43.6 Å². The van der Waals surface area contributed by atoms with Crippen molar-refractivity contribution >= 4 is 59.3 Å². The third-order valence-electron chi connectivity index (χ3n) is 3.44. The van der Waals surface area contributed by atoms with Gasteiger partial charge < -0.3 is 20.1 Å². The number of hydrogen-bond acceptors (Lipinski definition) is 12. The molecule has 10 nitrogen and oxygen atoms in total. The van der Waals surface area contributed by atoms with Crippen molar-refractivity contribution in [3.63, 3.8) is 0 Å². The molecule has 0 bridgehead atoms. The van der Waals surface area contributed by atoms with Crippen molar-refractivity contribution in [1.82, 2.24) is 29.9 Å². The fourth-order valence-electron chi connectivity index (χ4n) is 2.09. The lowest BCUT2D eigenvalue weighted by molar-refractivity contribution is 0.371. The van der Waals surface area contributed by atoms with Crippen LogP contribution in [0.5, 0.6) is 12.0 Å². The van der Waals surface area contributed by atoms with Crippen LogP contribution in [0.15, 0.2) is 34.6 Å². The van der Waals surface area contributed by atoms with Crippen LogP contribution >= 0.6 is 48.0 Å². The van der Waals surface area contributed by atoms with E-state index < -0.39 is 0 Å². The highest BCUT2D eigenvalue weighted by atomic mass is 32.2. The third kappa shape index (κ3) is 6.83. The summed E-state index contributed by atoms with van der Waals surface area (Å²) in [7, 11) is 3.04. The molecule has 3 rings (SSSR count). The van der Waals surface area contributed by atoms with Crippen molar-refractivity contribution in [2.75, 3.05) is 36.6 Å². The quantitative estimate of drug-likeness (QED) is 0.191. The first-order chi connectivity index (χ1) is 14.6. The van der Waals surface area contributed by atoms with Gasteiger partial charge in [0.2, 0.25) is 9.54 Å². The highest BCUT2D eigenvalue weighted by Crippen LogP contribution is 2.20. The number of aromatic amines is 2. The Labute approximate surface area is 191 Å². The number of nitrogens with one attached hydrogen (secondary N) is 4. The SMILES string of the molecule is COc1nc(SCNc2ccc(NCSc3nc(OC)[nH]c(=S)n3)cc2)nc(=S)[nH]1. The molecule has 2 aromatic heterocycles. The predicted molar refractivity (Wildman–Crippen MR) is 123 cm³/mol. The lowest BCUT2D eigenvalue weighted by atomic mass is 10.3. The number of ether oxygens (including phenoxy) is 2. The van der Waals surface area contributed by atoms with E-state index in [1.54, 1.807) is 0 Å². The van der Waals surface area contributed by atoms with Gasteiger partial charge in [-0.05, 0) is 48.7 Å². The Kier molecular flexibility index (Phi) is 8.24. The Balaban J connectivity index is 1.46. The summed E-state index contributed by atoms with van der Waals surface area (Å²) in [5.41, 5.74) is 1.94. The Morgan fingerprint density at radius 2 is 1.17 bits per heavy atom. The highest BCUT2D eigenvalue weighted by molar-refractivity contribution is 7.99. The molecule has 14 heteroatoms. The molecule has 158 valence electrons. The molecule has 30 heavy (non-hydrogen) atoms. The monoisotopic (exact) mass is 482 g/mol. The molecule has 1 aromatic carbocycles. The topological polar surface area (TPSA) is 126 Å². The second-order valence-corrected chi connectivity index (χ2v) is 8.06. The average molecular weight is 483 g/mol. The maximum absolute atomic E-state index is 5.05. The van der Waals surface area contributed by atoms with Crippen LogP contribution in [-0.4, -0.2) is 55.9 Å². The molecule has 0 unspecified atom stereocenters. The van der Waals surface area contributed by atoms with Crippen LogP contribution in [0.2, 0.25) is 0 Å². The summed E-state index contributed by atoms with van der Waals surface area (Å²) < 4.78 is 10.8. The van der Waals surface area contributed by atoms with Gasteiger partial charge >= 0.3 is 0 Å². The number of anilines is 2. The van der Waals surface area contributed by atoms with Crippen molar-refractivity contribution in [1.29, 1.82) is 0 Å². The summed E-state index contributed by atoms with van der Waals surface area (Å²) >= 11 is 12.9. The van der Waals surface area contributed by atoms with Gasteiger partial charge in [0.1, 0.15) is 0 Å². The van der Waals surface area contributed by atoms with Crippen molar-refractivity contribution in [3.05, 3.63) is 33.8 Å². The minimum atomic E-state index is 0.332. The number of methoxy groups -OCH3 is 2. The van der Waals surface area contributed by atoms with Gasteiger partial charge in [-0.25, -0.2) is 0 Å². The van der Waals surface area contributed by atoms with E-state index in [-0.39, 0.29) is 0 Å². The molecule has 0 aliphatic carbocycles. The fraction of sp³-hybridized carbons (Fsp3) is 0.250. The molecule has 4 N–H and O–H groups in total. The molecular formula is C16H18N8O2S4. The third-order valence-corrected chi connectivity index (χ3v) is 5.29. The zero-order valence-electron chi connectivity index (χ0n) is 16.0. The lowest BCUT2D eigenvalue weighted by Gasteiger charge is -2.09. The van der Waals surface area contributed by atoms with Gasteiger partial charge in [-0.1, -0.05) is 23.5 Å². The Morgan fingerprint density at radius 3 is 1.53 bits per heavy atom. The molecule has 0 aliphatic heterocycles. The number of rotatable bonds is 10. The molecule has 3 aromatic rings. The van der Waals surface area contributed by atoms with Gasteiger partial charge in [-0.15, -0.1) is 0 Å². The van der Waals surface area contributed by atoms with Crippen LogP contribution in [0.3, 0.4) is 0 Å². The Bertz CT molecular complexity index is 1000. The Morgan fingerprint density at radius 1 is 0.767 bits per heavy atom. The minimum Gasteiger partial charge on any atom is -0.468 e. The summed E-state index contributed by atoms with van der Waals surface area (Å²) in [6.45, 7) is 0. The first-order valence-electron chi connectivity index (χ1n) is 8.44.